The van der Waals surface area contributed by atoms with E-state index in [9.17, 15) is 19.6 Å². The summed E-state index contributed by atoms with van der Waals surface area (Å²) < 4.78 is 5.35. The molecule has 0 aliphatic heterocycles. The van der Waals surface area contributed by atoms with Crippen LogP contribution >= 0.6 is 11.3 Å². The summed E-state index contributed by atoms with van der Waals surface area (Å²) in [4.78, 5) is 39.6. The van der Waals surface area contributed by atoms with Crippen LogP contribution in [0.5, 0.6) is 0 Å². The summed E-state index contributed by atoms with van der Waals surface area (Å²) in [7, 11) is 1.61. The Hall–Kier alpha value is -2.40. The second-order valence-corrected chi connectivity index (χ2v) is 8.93. The minimum Gasteiger partial charge on any atom is -0.452 e. The summed E-state index contributed by atoms with van der Waals surface area (Å²) in [6, 6.07) is 2.30. The van der Waals surface area contributed by atoms with Crippen LogP contribution in [0.3, 0.4) is 0 Å². The maximum absolute atomic E-state index is 12.8. The SMILES string of the molecule is CC(=O)Nc1sc2c(c1C(=O)OCC(=O)N(C)C1(C#N)CCCCC1)CCCC2. The molecule has 3 rings (SSSR count). The first-order chi connectivity index (χ1) is 13.9. The van der Waals surface area contributed by atoms with Gasteiger partial charge in [-0.05, 0) is 44.1 Å². The van der Waals surface area contributed by atoms with Gasteiger partial charge in [0, 0.05) is 18.8 Å². The molecule has 8 heteroatoms. The summed E-state index contributed by atoms with van der Waals surface area (Å²) in [5, 5.41) is 12.9. The topological polar surface area (TPSA) is 99.5 Å². The first-order valence-electron chi connectivity index (χ1n) is 10.1. The number of fused-ring (bicyclic) bond motifs is 1. The molecule has 0 atom stereocenters. The normalized spacial score (nSPS) is 17.6. The van der Waals surface area contributed by atoms with E-state index in [-0.39, 0.29) is 11.8 Å². The monoisotopic (exact) mass is 417 g/mol. The zero-order chi connectivity index (χ0) is 21.0. The molecule has 0 radical (unpaired) electrons. The Balaban J connectivity index is 1.72. The summed E-state index contributed by atoms with van der Waals surface area (Å²) in [6.07, 6.45) is 7.85. The lowest BCUT2D eigenvalue weighted by molar-refractivity contribution is -0.138. The van der Waals surface area contributed by atoms with Crippen molar-refractivity contribution in [3.63, 3.8) is 0 Å². The molecule has 2 aliphatic carbocycles. The molecule has 29 heavy (non-hydrogen) atoms. The quantitative estimate of drug-likeness (QED) is 0.740. The Morgan fingerprint density at radius 1 is 1.17 bits per heavy atom. The maximum Gasteiger partial charge on any atom is 0.341 e. The van der Waals surface area contributed by atoms with Crippen molar-refractivity contribution in [3.8, 4) is 6.07 Å². The average molecular weight is 418 g/mol. The van der Waals surface area contributed by atoms with Crippen molar-refractivity contribution in [1.82, 2.24) is 4.90 Å². The fourth-order valence-corrected chi connectivity index (χ4v) is 5.55. The van der Waals surface area contributed by atoms with E-state index in [2.05, 4.69) is 11.4 Å². The fraction of sp³-hybridized carbons (Fsp3) is 0.619. The number of hydrogen-bond acceptors (Lipinski definition) is 6. The lowest BCUT2D eigenvalue weighted by Crippen LogP contribution is -2.51. The number of amides is 2. The highest BCUT2D eigenvalue weighted by molar-refractivity contribution is 7.17. The number of hydrogen-bond donors (Lipinski definition) is 1. The summed E-state index contributed by atoms with van der Waals surface area (Å²) in [5.41, 5.74) is 0.490. The van der Waals surface area contributed by atoms with Gasteiger partial charge in [-0.2, -0.15) is 5.26 Å². The number of aryl methyl sites for hydroxylation is 1. The molecular weight excluding hydrogens is 390 g/mol. The highest BCUT2D eigenvalue weighted by atomic mass is 32.1. The molecule has 2 amide bonds. The predicted octanol–water partition coefficient (Wildman–Crippen LogP) is 3.43. The molecular formula is C21H27N3O4S. The van der Waals surface area contributed by atoms with Gasteiger partial charge in [-0.25, -0.2) is 4.79 Å². The van der Waals surface area contributed by atoms with Gasteiger partial charge in [0.25, 0.3) is 5.91 Å². The molecule has 1 heterocycles. The molecule has 1 N–H and O–H groups in total. The van der Waals surface area contributed by atoms with E-state index < -0.39 is 18.1 Å². The number of rotatable bonds is 5. The lowest BCUT2D eigenvalue weighted by atomic mass is 9.81. The number of anilines is 1. The van der Waals surface area contributed by atoms with Crippen LogP contribution in [0.1, 0.15) is 72.7 Å². The van der Waals surface area contributed by atoms with Crippen molar-refractivity contribution in [1.29, 1.82) is 5.26 Å². The maximum atomic E-state index is 12.8. The van der Waals surface area contributed by atoms with Crippen LogP contribution in [0.15, 0.2) is 0 Å². The number of carbonyl (C=O) groups excluding carboxylic acids is 3. The number of nitrogens with one attached hydrogen (secondary N) is 1. The second kappa shape index (κ2) is 8.95. The van der Waals surface area contributed by atoms with Gasteiger partial charge in [0.2, 0.25) is 5.91 Å². The van der Waals surface area contributed by atoms with Crippen molar-refractivity contribution in [3.05, 3.63) is 16.0 Å². The van der Waals surface area contributed by atoms with Crippen LogP contribution in [-0.2, 0) is 27.2 Å². The van der Waals surface area contributed by atoms with E-state index in [0.717, 1.165) is 55.4 Å². The van der Waals surface area contributed by atoms with Gasteiger partial charge >= 0.3 is 5.97 Å². The zero-order valence-corrected chi connectivity index (χ0v) is 17.8. The molecule has 7 nitrogen and oxygen atoms in total. The number of nitrogens with zero attached hydrogens (tertiary/aromatic N) is 2. The van der Waals surface area contributed by atoms with Gasteiger partial charge in [0.05, 0.1) is 11.6 Å². The Bertz CT molecular complexity index is 849. The van der Waals surface area contributed by atoms with Crippen molar-refractivity contribution in [2.45, 2.75) is 70.3 Å². The van der Waals surface area contributed by atoms with E-state index in [1.807, 2.05) is 0 Å². The molecule has 0 saturated heterocycles. The standard InChI is InChI=1S/C21H27N3O4S/c1-14(25)23-19-18(15-8-4-5-9-16(15)29-19)20(27)28-12-17(26)24(2)21(13-22)10-6-3-7-11-21/h3-12H2,1-2H3,(H,23,25). The summed E-state index contributed by atoms with van der Waals surface area (Å²) >= 11 is 1.41. The summed E-state index contributed by atoms with van der Waals surface area (Å²) in [6.45, 7) is 0.987. The smallest absolute Gasteiger partial charge is 0.341 e. The highest BCUT2D eigenvalue weighted by Crippen LogP contribution is 2.38. The van der Waals surface area contributed by atoms with E-state index in [4.69, 9.17) is 4.74 Å². The number of thiophene rings is 1. The first-order valence-corrected chi connectivity index (χ1v) is 11.0. The predicted molar refractivity (Wildman–Crippen MR) is 110 cm³/mol. The minimum atomic E-state index is -0.815. The molecule has 0 aromatic carbocycles. The highest BCUT2D eigenvalue weighted by Gasteiger charge is 2.39. The fourth-order valence-electron chi connectivity index (χ4n) is 4.22. The van der Waals surface area contributed by atoms with Gasteiger partial charge in [0.15, 0.2) is 6.61 Å². The number of carbonyl (C=O) groups is 3. The molecule has 2 aliphatic rings. The van der Waals surface area contributed by atoms with E-state index in [1.54, 1.807) is 7.05 Å². The van der Waals surface area contributed by atoms with Gasteiger partial charge in [-0.1, -0.05) is 19.3 Å². The molecule has 0 spiro atoms. The number of esters is 1. The van der Waals surface area contributed by atoms with Gasteiger partial charge in [-0.3, -0.25) is 9.59 Å². The Morgan fingerprint density at radius 3 is 2.52 bits per heavy atom. The molecule has 1 aromatic rings. The van der Waals surface area contributed by atoms with Crippen LogP contribution in [0.25, 0.3) is 0 Å². The zero-order valence-electron chi connectivity index (χ0n) is 17.0. The Morgan fingerprint density at radius 2 is 1.86 bits per heavy atom. The number of likely N-dealkylation sites (N-methyl/N-ethyl adjacent to an activating group) is 1. The summed E-state index contributed by atoms with van der Waals surface area (Å²) in [5.74, 6) is -1.22. The van der Waals surface area contributed by atoms with Crippen LogP contribution in [0.4, 0.5) is 5.00 Å². The Labute approximate surface area is 175 Å². The molecule has 0 unspecified atom stereocenters. The van der Waals surface area contributed by atoms with Crippen molar-refractivity contribution >= 4 is 34.1 Å². The van der Waals surface area contributed by atoms with Crippen LogP contribution in [-0.4, -0.2) is 41.9 Å². The number of nitriles is 1. The third-order valence-electron chi connectivity index (χ3n) is 5.90. The molecule has 1 fully saturated rings. The van der Waals surface area contributed by atoms with Crippen molar-refractivity contribution in [2.24, 2.45) is 0 Å². The van der Waals surface area contributed by atoms with Crippen LogP contribution in [0.2, 0.25) is 0 Å². The van der Waals surface area contributed by atoms with E-state index in [0.29, 0.717) is 23.4 Å². The molecule has 156 valence electrons. The van der Waals surface area contributed by atoms with Gasteiger partial charge in [-0.15, -0.1) is 11.3 Å². The molecule has 1 aromatic heterocycles. The minimum absolute atomic E-state index is 0.248. The van der Waals surface area contributed by atoms with Crippen molar-refractivity contribution in [2.75, 3.05) is 19.0 Å². The van der Waals surface area contributed by atoms with Crippen LogP contribution < -0.4 is 5.32 Å². The second-order valence-electron chi connectivity index (χ2n) is 7.83. The molecule has 1 saturated carbocycles. The largest absolute Gasteiger partial charge is 0.452 e. The van der Waals surface area contributed by atoms with E-state index in [1.165, 1.54) is 23.2 Å². The third kappa shape index (κ3) is 4.45. The van der Waals surface area contributed by atoms with Crippen molar-refractivity contribution < 1.29 is 19.1 Å². The van der Waals surface area contributed by atoms with Crippen LogP contribution in [0, 0.1) is 11.3 Å². The Kier molecular flexibility index (Phi) is 6.58. The van der Waals surface area contributed by atoms with E-state index >= 15 is 0 Å². The van der Waals surface area contributed by atoms with Gasteiger partial charge < -0.3 is 15.0 Å². The third-order valence-corrected chi connectivity index (χ3v) is 7.10. The average Bonchev–Trinajstić information content (AvgIpc) is 3.08. The first kappa shape index (κ1) is 21.3. The number of ether oxygens (including phenoxy) is 1. The van der Waals surface area contributed by atoms with Gasteiger partial charge in [0.1, 0.15) is 10.5 Å². The lowest BCUT2D eigenvalue weighted by Gasteiger charge is -2.38. The molecule has 0 bridgehead atoms.